The molecule has 2 fully saturated rings. The number of carbonyl (C=O) groups excluding carboxylic acids is 4. The molecule has 0 bridgehead atoms. The third-order valence-corrected chi connectivity index (χ3v) is 7.58. The number of esters is 3. The van der Waals surface area contributed by atoms with Crippen molar-refractivity contribution in [1.82, 2.24) is 10.2 Å². The van der Waals surface area contributed by atoms with E-state index in [1.165, 1.54) is 0 Å². The van der Waals surface area contributed by atoms with Gasteiger partial charge in [0, 0.05) is 11.6 Å². The van der Waals surface area contributed by atoms with Gasteiger partial charge in [0.2, 0.25) is 6.79 Å². The van der Waals surface area contributed by atoms with Gasteiger partial charge in [-0.05, 0) is 43.2 Å². The summed E-state index contributed by atoms with van der Waals surface area (Å²) in [5.74, 6) is -3.53. The highest BCUT2D eigenvalue weighted by molar-refractivity contribution is 5.89. The van der Waals surface area contributed by atoms with Crippen LogP contribution >= 0.6 is 0 Å². The van der Waals surface area contributed by atoms with E-state index in [0.29, 0.717) is 36.8 Å². The highest BCUT2D eigenvalue weighted by Crippen LogP contribution is 2.40. The lowest BCUT2D eigenvalue weighted by molar-refractivity contribution is -0.170. The second kappa shape index (κ2) is 14.6. The van der Waals surface area contributed by atoms with Crippen LogP contribution in [-0.4, -0.2) is 60.5 Å². The lowest BCUT2D eigenvalue weighted by atomic mass is 9.80. The molecule has 1 aliphatic carbocycles. The summed E-state index contributed by atoms with van der Waals surface area (Å²) in [6, 6.07) is 2.69. The number of nitrogens with one attached hydrogen (secondary N) is 1. The average molecular weight is 597 g/mol. The zero-order valence-electron chi connectivity index (χ0n) is 24.2. The van der Waals surface area contributed by atoms with E-state index in [9.17, 15) is 32.3 Å². The Kier molecular flexibility index (Phi) is 11.4. The molecular weight excluding hydrogens is 557 g/mol. The first kappa shape index (κ1) is 32.9. The number of alkyl halides is 3. The van der Waals surface area contributed by atoms with Gasteiger partial charge in [-0.3, -0.25) is 14.5 Å². The molecule has 2 amide bonds. The standard InChI is InChI=1S/C30H39F3N2O7/c1-5-40-28(38)25-23(15-20-10-9-11-21(14-20)16-24(36)41-17-42-27(37)18(2)3)19(4)35(25)29(39)34-26(30(31,32)33)22-12-7-6-8-13-22/h9-11,14,18,22-23,25-26H,4-8,12-13,15-17H2,1-3H3,(H,34,39)/t23-,25-,26-/m0/s1. The first-order chi connectivity index (χ1) is 19.8. The first-order valence-corrected chi connectivity index (χ1v) is 14.2. The lowest BCUT2D eigenvalue weighted by Gasteiger charge is -2.48. The largest absolute Gasteiger partial charge is 0.464 e. The Labute approximate surface area is 243 Å². The highest BCUT2D eigenvalue weighted by Gasteiger charge is 2.53. The maximum absolute atomic E-state index is 14.0. The van der Waals surface area contributed by atoms with Crippen molar-refractivity contribution < 1.29 is 46.6 Å². The molecule has 1 heterocycles. The monoisotopic (exact) mass is 596 g/mol. The van der Waals surface area contributed by atoms with Gasteiger partial charge in [0.25, 0.3) is 0 Å². The van der Waals surface area contributed by atoms with Crippen molar-refractivity contribution in [2.45, 2.75) is 84.0 Å². The van der Waals surface area contributed by atoms with E-state index in [0.717, 1.165) is 11.3 Å². The summed E-state index contributed by atoms with van der Waals surface area (Å²) in [5.41, 5.74) is 1.51. The van der Waals surface area contributed by atoms with Crippen molar-refractivity contribution in [2.75, 3.05) is 13.4 Å². The van der Waals surface area contributed by atoms with Crippen molar-refractivity contribution >= 4 is 23.9 Å². The number of carbonyl (C=O) groups is 4. The number of hydrogen-bond acceptors (Lipinski definition) is 7. The topological polar surface area (TPSA) is 111 Å². The lowest BCUT2D eigenvalue weighted by Crippen LogP contribution is -2.65. The predicted molar refractivity (Wildman–Crippen MR) is 146 cm³/mol. The van der Waals surface area contributed by atoms with Crippen LogP contribution in [-0.2, 0) is 41.4 Å². The third kappa shape index (κ3) is 8.48. The minimum Gasteiger partial charge on any atom is -0.464 e. The Morgan fingerprint density at radius 3 is 2.33 bits per heavy atom. The number of ether oxygens (including phenoxy) is 3. The molecule has 1 saturated heterocycles. The molecule has 0 spiro atoms. The predicted octanol–water partition coefficient (Wildman–Crippen LogP) is 5.07. The zero-order valence-corrected chi connectivity index (χ0v) is 24.2. The summed E-state index contributed by atoms with van der Waals surface area (Å²) in [7, 11) is 0. The van der Waals surface area contributed by atoms with Gasteiger partial charge in [0.05, 0.1) is 18.9 Å². The van der Waals surface area contributed by atoms with Crippen LogP contribution < -0.4 is 5.32 Å². The van der Waals surface area contributed by atoms with E-state index in [1.807, 2.05) is 0 Å². The number of nitrogens with zero attached hydrogens (tertiary/aromatic N) is 1. The molecule has 1 aromatic rings. The normalized spacial score (nSPS) is 20.0. The van der Waals surface area contributed by atoms with Gasteiger partial charge in [0.15, 0.2) is 0 Å². The van der Waals surface area contributed by atoms with Crippen LogP contribution in [0.25, 0.3) is 0 Å². The summed E-state index contributed by atoms with van der Waals surface area (Å²) in [6.07, 6.45) is -1.59. The summed E-state index contributed by atoms with van der Waals surface area (Å²) in [5, 5.41) is 2.14. The maximum Gasteiger partial charge on any atom is 0.408 e. The van der Waals surface area contributed by atoms with E-state index >= 15 is 0 Å². The molecule has 12 heteroatoms. The van der Waals surface area contributed by atoms with Crippen molar-refractivity contribution in [3.8, 4) is 0 Å². The van der Waals surface area contributed by atoms with Crippen LogP contribution in [0.4, 0.5) is 18.0 Å². The minimum atomic E-state index is -4.64. The molecule has 1 saturated carbocycles. The Morgan fingerprint density at radius 1 is 1.05 bits per heavy atom. The van der Waals surface area contributed by atoms with Gasteiger partial charge < -0.3 is 19.5 Å². The smallest absolute Gasteiger partial charge is 0.408 e. The number of halogens is 3. The van der Waals surface area contributed by atoms with Gasteiger partial charge in [-0.15, -0.1) is 0 Å². The molecule has 232 valence electrons. The van der Waals surface area contributed by atoms with E-state index in [2.05, 4.69) is 11.9 Å². The van der Waals surface area contributed by atoms with Crippen LogP contribution in [0, 0.1) is 17.8 Å². The van der Waals surface area contributed by atoms with Gasteiger partial charge in [-0.1, -0.05) is 64.0 Å². The molecule has 3 atom stereocenters. The number of rotatable bonds is 11. The molecule has 3 rings (SSSR count). The second-order valence-corrected chi connectivity index (χ2v) is 11.0. The first-order valence-electron chi connectivity index (χ1n) is 14.2. The highest BCUT2D eigenvalue weighted by atomic mass is 19.4. The summed E-state index contributed by atoms with van der Waals surface area (Å²) >= 11 is 0. The fraction of sp³-hybridized carbons (Fsp3) is 0.600. The number of benzene rings is 1. The van der Waals surface area contributed by atoms with Gasteiger partial charge >= 0.3 is 30.1 Å². The molecule has 0 aromatic heterocycles. The summed E-state index contributed by atoms with van der Waals surface area (Å²) in [6.45, 7) is 8.35. The third-order valence-electron chi connectivity index (χ3n) is 7.58. The van der Waals surface area contributed by atoms with Gasteiger partial charge in [-0.25, -0.2) is 9.59 Å². The SMILES string of the molecule is C=C1[C@H](Cc2cccc(CC(=O)OCOC(=O)C(C)C)c2)[C@@H](C(=O)OCC)N1C(=O)N[C@@H](C1CCCCC1)C(F)(F)F. The van der Waals surface area contributed by atoms with Crippen molar-refractivity contribution in [1.29, 1.82) is 0 Å². The van der Waals surface area contributed by atoms with Crippen molar-refractivity contribution in [3.63, 3.8) is 0 Å². The van der Waals surface area contributed by atoms with Gasteiger partial charge in [-0.2, -0.15) is 13.2 Å². The van der Waals surface area contributed by atoms with E-state index in [1.54, 1.807) is 45.0 Å². The van der Waals surface area contributed by atoms with E-state index in [4.69, 9.17) is 14.2 Å². The average Bonchev–Trinajstić information content (AvgIpc) is 2.93. The molecule has 42 heavy (non-hydrogen) atoms. The molecule has 1 aliphatic heterocycles. The zero-order chi connectivity index (χ0) is 31.0. The molecule has 0 radical (unpaired) electrons. The fourth-order valence-corrected chi connectivity index (χ4v) is 5.42. The van der Waals surface area contributed by atoms with Crippen LogP contribution in [0.1, 0.15) is 64.0 Å². The summed E-state index contributed by atoms with van der Waals surface area (Å²) in [4.78, 5) is 50.7. The van der Waals surface area contributed by atoms with Crippen molar-refractivity contribution in [3.05, 3.63) is 47.7 Å². The molecular formula is C30H39F3N2O7. The fourth-order valence-electron chi connectivity index (χ4n) is 5.42. The number of urea groups is 1. The van der Waals surface area contributed by atoms with Gasteiger partial charge in [0.1, 0.15) is 12.1 Å². The van der Waals surface area contributed by atoms with E-state index in [-0.39, 0.29) is 31.1 Å². The van der Waals surface area contributed by atoms with Crippen LogP contribution in [0.15, 0.2) is 36.5 Å². The molecule has 1 N–H and O–H groups in total. The Hall–Kier alpha value is -3.57. The second-order valence-electron chi connectivity index (χ2n) is 11.0. The molecule has 9 nitrogen and oxygen atoms in total. The van der Waals surface area contributed by atoms with Crippen molar-refractivity contribution in [2.24, 2.45) is 17.8 Å². The Morgan fingerprint density at radius 2 is 1.71 bits per heavy atom. The molecule has 0 unspecified atom stereocenters. The minimum absolute atomic E-state index is 0.0291. The number of hydrogen-bond donors (Lipinski definition) is 1. The van der Waals surface area contributed by atoms with Crippen LogP contribution in [0.5, 0.6) is 0 Å². The van der Waals surface area contributed by atoms with Crippen LogP contribution in [0.2, 0.25) is 0 Å². The maximum atomic E-state index is 14.0. The molecule has 2 aliphatic rings. The van der Waals surface area contributed by atoms with Crippen LogP contribution in [0.3, 0.4) is 0 Å². The van der Waals surface area contributed by atoms with E-state index < -0.39 is 60.8 Å². The Bertz CT molecular complexity index is 1150. The summed E-state index contributed by atoms with van der Waals surface area (Å²) < 4.78 is 56.8. The molecule has 1 aromatic carbocycles. The number of likely N-dealkylation sites (tertiary alicyclic amines) is 1. The number of amides is 2. The quantitative estimate of drug-likeness (QED) is 0.281. The Balaban J connectivity index is 1.68.